The number of benzene rings is 2. The number of para-hydroxylation sites is 1. The maximum atomic E-state index is 14.2. The quantitative estimate of drug-likeness (QED) is 0.265. The molecular formula is C31H32BrN3O4S. The fourth-order valence-electron chi connectivity index (χ4n) is 5.53. The summed E-state index contributed by atoms with van der Waals surface area (Å²) >= 11 is 4.89. The first kappa shape index (κ1) is 28.1. The lowest BCUT2D eigenvalue weighted by molar-refractivity contribution is -0.136. The molecule has 0 aliphatic carbocycles. The summed E-state index contributed by atoms with van der Waals surface area (Å²) in [5.74, 6) is 0.0551. The number of carbonyl (C=O) groups excluding carboxylic acids is 1. The molecule has 1 aliphatic heterocycles. The van der Waals surface area contributed by atoms with Gasteiger partial charge in [0.05, 0.1) is 34.5 Å². The molecule has 0 fully saturated rings. The maximum absolute atomic E-state index is 14.2. The molecule has 1 atom stereocenters. The summed E-state index contributed by atoms with van der Waals surface area (Å²) in [6, 6.07) is 11.1. The van der Waals surface area contributed by atoms with Crippen molar-refractivity contribution in [3.63, 3.8) is 0 Å². The van der Waals surface area contributed by atoms with Crippen molar-refractivity contribution in [2.45, 2.75) is 60.2 Å². The van der Waals surface area contributed by atoms with Gasteiger partial charge in [0.1, 0.15) is 11.8 Å². The number of halogens is 1. The van der Waals surface area contributed by atoms with Crippen LogP contribution in [0.2, 0.25) is 0 Å². The van der Waals surface area contributed by atoms with Crippen LogP contribution >= 0.6 is 27.3 Å². The van der Waals surface area contributed by atoms with Gasteiger partial charge in [0, 0.05) is 33.2 Å². The number of fused-ring (bicyclic) bond motifs is 2. The molecule has 2 aromatic heterocycles. The third-order valence-corrected chi connectivity index (χ3v) is 8.72. The van der Waals surface area contributed by atoms with Crippen LogP contribution in [0.1, 0.15) is 56.1 Å². The highest BCUT2D eigenvalue weighted by molar-refractivity contribution is 9.10. The Labute approximate surface area is 245 Å². The van der Waals surface area contributed by atoms with E-state index in [2.05, 4.69) is 53.4 Å². The molecule has 1 aliphatic rings. The third kappa shape index (κ3) is 4.65. The molecule has 0 saturated heterocycles. The standard InChI is InChI=1S/C31H32BrN3O4S/c1-8-34-19(6)22(21-11-9-10-17(4)27(21)34)15-25-29(36)35-28(23-14-20(32)12-13-24(23)39-16(2)3)26(30(37)38-7)18(5)33-31(35)40-25/h9-16,28H,8H2,1-7H3/b25-15-/t28-/m1/s1. The number of ether oxygens (including phenoxy) is 2. The van der Waals surface area contributed by atoms with E-state index in [1.807, 2.05) is 44.2 Å². The highest BCUT2D eigenvalue weighted by Crippen LogP contribution is 2.38. The number of methoxy groups -OCH3 is 1. The fourth-order valence-corrected chi connectivity index (χ4v) is 6.94. The van der Waals surface area contributed by atoms with Crippen LogP contribution in [-0.4, -0.2) is 28.3 Å². The zero-order chi connectivity index (χ0) is 28.9. The summed E-state index contributed by atoms with van der Waals surface area (Å²) in [6.07, 6.45) is 1.86. The van der Waals surface area contributed by atoms with Crippen LogP contribution < -0.4 is 19.6 Å². The second-order valence-corrected chi connectivity index (χ2v) is 12.1. The number of hydrogen-bond donors (Lipinski definition) is 0. The molecule has 4 aromatic rings. The topological polar surface area (TPSA) is 74.8 Å². The van der Waals surface area contributed by atoms with Gasteiger partial charge < -0.3 is 14.0 Å². The number of aryl methyl sites for hydroxylation is 2. The molecule has 2 aromatic carbocycles. The number of hydrogen-bond acceptors (Lipinski definition) is 6. The monoisotopic (exact) mass is 621 g/mol. The number of esters is 1. The Morgan fingerprint density at radius 1 is 1.20 bits per heavy atom. The Morgan fingerprint density at radius 2 is 1.95 bits per heavy atom. The van der Waals surface area contributed by atoms with Gasteiger partial charge in [-0.1, -0.05) is 45.5 Å². The summed E-state index contributed by atoms with van der Waals surface area (Å²) < 4.78 is 16.6. The minimum Gasteiger partial charge on any atom is -0.491 e. The van der Waals surface area contributed by atoms with Crippen LogP contribution in [0.3, 0.4) is 0 Å². The molecule has 0 bridgehead atoms. The van der Waals surface area contributed by atoms with E-state index in [1.54, 1.807) is 11.5 Å². The number of allylic oxidation sites excluding steroid dienone is 1. The average molecular weight is 623 g/mol. The van der Waals surface area contributed by atoms with Gasteiger partial charge >= 0.3 is 5.97 Å². The molecule has 0 spiro atoms. The van der Waals surface area contributed by atoms with Crippen molar-refractivity contribution in [2.75, 3.05) is 7.11 Å². The van der Waals surface area contributed by atoms with E-state index in [-0.39, 0.29) is 11.7 Å². The van der Waals surface area contributed by atoms with Gasteiger partial charge in [-0.3, -0.25) is 9.36 Å². The summed E-state index contributed by atoms with van der Waals surface area (Å²) in [7, 11) is 1.34. The largest absolute Gasteiger partial charge is 0.491 e. The van der Waals surface area contributed by atoms with Crippen molar-refractivity contribution in [2.24, 2.45) is 4.99 Å². The Balaban J connectivity index is 1.82. The van der Waals surface area contributed by atoms with Crippen LogP contribution in [0.5, 0.6) is 5.75 Å². The van der Waals surface area contributed by atoms with Crippen LogP contribution in [0.4, 0.5) is 0 Å². The highest BCUT2D eigenvalue weighted by Gasteiger charge is 2.35. The molecule has 0 unspecified atom stereocenters. The number of carbonyl (C=O) groups is 1. The van der Waals surface area contributed by atoms with Crippen molar-refractivity contribution < 1.29 is 14.3 Å². The minimum atomic E-state index is -0.766. The van der Waals surface area contributed by atoms with Gasteiger partial charge in [-0.15, -0.1) is 0 Å². The Morgan fingerprint density at radius 3 is 2.62 bits per heavy atom. The molecular weight excluding hydrogens is 590 g/mol. The van der Waals surface area contributed by atoms with Crippen molar-refractivity contribution in [1.82, 2.24) is 9.13 Å². The number of thiazole rings is 1. The molecule has 9 heteroatoms. The molecule has 5 rings (SSSR count). The number of rotatable bonds is 6. The lowest BCUT2D eigenvalue weighted by Gasteiger charge is -2.26. The molecule has 0 amide bonds. The molecule has 208 valence electrons. The number of nitrogens with zero attached hydrogens (tertiary/aromatic N) is 3. The Hall–Kier alpha value is -3.43. The van der Waals surface area contributed by atoms with Crippen molar-refractivity contribution in [3.8, 4) is 5.75 Å². The first-order valence-electron chi connectivity index (χ1n) is 13.2. The zero-order valence-corrected chi connectivity index (χ0v) is 26.1. The summed E-state index contributed by atoms with van der Waals surface area (Å²) in [5, 5.41) is 1.10. The van der Waals surface area contributed by atoms with E-state index in [0.29, 0.717) is 31.9 Å². The van der Waals surface area contributed by atoms with E-state index < -0.39 is 12.0 Å². The molecule has 0 saturated carbocycles. The summed E-state index contributed by atoms with van der Waals surface area (Å²) in [4.78, 5) is 32.6. The van der Waals surface area contributed by atoms with Gasteiger partial charge in [-0.05, 0) is 71.4 Å². The SMILES string of the molecule is CCn1c(C)c(/C=c2\sc3n(c2=O)[C@H](c2cc(Br)ccc2OC(C)C)C(C(=O)OC)=C(C)N=3)c2cccc(C)c21. The molecule has 7 nitrogen and oxygen atoms in total. The van der Waals surface area contributed by atoms with Crippen LogP contribution in [0.15, 0.2) is 61.9 Å². The van der Waals surface area contributed by atoms with Gasteiger partial charge in [0.15, 0.2) is 4.80 Å². The zero-order valence-electron chi connectivity index (χ0n) is 23.7. The maximum Gasteiger partial charge on any atom is 0.338 e. The second kappa shape index (κ2) is 10.9. The van der Waals surface area contributed by atoms with Crippen LogP contribution in [-0.2, 0) is 16.1 Å². The molecule has 3 heterocycles. The lowest BCUT2D eigenvalue weighted by Crippen LogP contribution is -2.40. The van der Waals surface area contributed by atoms with E-state index in [4.69, 9.17) is 14.5 Å². The third-order valence-electron chi connectivity index (χ3n) is 7.24. The normalized spacial score (nSPS) is 15.5. The van der Waals surface area contributed by atoms with E-state index in [9.17, 15) is 9.59 Å². The first-order chi connectivity index (χ1) is 19.1. The average Bonchev–Trinajstić information content (AvgIpc) is 3.37. The molecule has 40 heavy (non-hydrogen) atoms. The highest BCUT2D eigenvalue weighted by atomic mass is 79.9. The van der Waals surface area contributed by atoms with E-state index in [1.165, 1.54) is 29.5 Å². The Kier molecular flexibility index (Phi) is 7.63. The predicted molar refractivity (Wildman–Crippen MR) is 163 cm³/mol. The molecule has 0 N–H and O–H groups in total. The number of aromatic nitrogens is 2. The summed E-state index contributed by atoms with van der Waals surface area (Å²) in [6.45, 7) is 12.8. The van der Waals surface area contributed by atoms with Crippen molar-refractivity contribution >= 4 is 50.2 Å². The van der Waals surface area contributed by atoms with Gasteiger partial charge in [-0.25, -0.2) is 9.79 Å². The van der Waals surface area contributed by atoms with Crippen molar-refractivity contribution in [1.29, 1.82) is 0 Å². The van der Waals surface area contributed by atoms with E-state index >= 15 is 0 Å². The first-order valence-corrected chi connectivity index (χ1v) is 14.8. The van der Waals surface area contributed by atoms with Crippen LogP contribution in [0.25, 0.3) is 17.0 Å². The van der Waals surface area contributed by atoms with Gasteiger partial charge in [-0.2, -0.15) is 0 Å². The molecule has 0 radical (unpaired) electrons. The van der Waals surface area contributed by atoms with Gasteiger partial charge in [0.2, 0.25) is 0 Å². The van der Waals surface area contributed by atoms with Gasteiger partial charge in [0.25, 0.3) is 5.56 Å². The van der Waals surface area contributed by atoms with Crippen molar-refractivity contribution in [3.05, 3.63) is 94.2 Å². The lowest BCUT2D eigenvalue weighted by atomic mass is 9.95. The fraction of sp³-hybridized carbons (Fsp3) is 0.323. The smallest absolute Gasteiger partial charge is 0.338 e. The predicted octanol–water partition coefficient (Wildman–Crippen LogP) is 5.55. The second-order valence-electron chi connectivity index (χ2n) is 10.1. The Bertz CT molecular complexity index is 1880. The van der Waals surface area contributed by atoms with Crippen LogP contribution in [0, 0.1) is 13.8 Å². The summed E-state index contributed by atoms with van der Waals surface area (Å²) in [5.41, 5.74) is 5.75. The van der Waals surface area contributed by atoms with E-state index in [0.717, 1.165) is 27.7 Å². The minimum absolute atomic E-state index is 0.107.